The van der Waals surface area contributed by atoms with E-state index in [4.69, 9.17) is 4.98 Å². The van der Waals surface area contributed by atoms with Gasteiger partial charge in [0.1, 0.15) is 5.82 Å². The smallest absolute Gasteiger partial charge is 0.177 e. The molecule has 25 heavy (non-hydrogen) atoms. The number of nitrogens with one attached hydrogen (secondary N) is 1. The van der Waals surface area contributed by atoms with Gasteiger partial charge in [-0.15, -0.1) is 0 Å². The molecule has 1 fully saturated rings. The Kier molecular flexibility index (Phi) is 4.76. The lowest BCUT2D eigenvalue weighted by atomic mass is 9.94. The number of piperidine rings is 1. The van der Waals surface area contributed by atoms with Crippen molar-refractivity contribution in [3.63, 3.8) is 0 Å². The van der Waals surface area contributed by atoms with Crippen LogP contribution in [0.5, 0.6) is 0 Å². The molecule has 5 nitrogen and oxygen atoms in total. The molecule has 0 aliphatic carbocycles. The molecule has 3 heterocycles. The second-order valence-corrected chi connectivity index (χ2v) is 6.75. The Morgan fingerprint density at radius 1 is 1.12 bits per heavy atom. The minimum atomic E-state index is -0.132. The Labute approximate surface area is 147 Å². The summed E-state index contributed by atoms with van der Waals surface area (Å²) >= 11 is 0. The average molecular weight is 336 g/mol. The number of aromatic nitrogens is 3. The van der Waals surface area contributed by atoms with E-state index in [9.17, 15) is 5.11 Å². The van der Waals surface area contributed by atoms with E-state index in [1.165, 1.54) is 12.8 Å². The van der Waals surface area contributed by atoms with Gasteiger partial charge in [0.15, 0.2) is 5.65 Å². The number of benzene rings is 1. The van der Waals surface area contributed by atoms with Crippen molar-refractivity contribution in [3.05, 3.63) is 60.0 Å². The number of imidazole rings is 1. The summed E-state index contributed by atoms with van der Waals surface area (Å²) in [4.78, 5) is 9.26. The third-order valence-electron chi connectivity index (χ3n) is 5.14. The monoisotopic (exact) mass is 336 g/mol. The molecule has 1 aliphatic heterocycles. The van der Waals surface area contributed by atoms with Crippen molar-refractivity contribution in [1.82, 2.24) is 19.9 Å². The van der Waals surface area contributed by atoms with Gasteiger partial charge in [-0.25, -0.2) is 9.97 Å². The number of rotatable bonds is 5. The van der Waals surface area contributed by atoms with Crippen molar-refractivity contribution >= 4 is 11.2 Å². The van der Waals surface area contributed by atoms with E-state index in [-0.39, 0.29) is 12.6 Å². The minimum absolute atomic E-state index is 0.0452. The average Bonchev–Trinajstić information content (AvgIpc) is 3.02. The highest BCUT2D eigenvalue weighted by molar-refractivity contribution is 5.71. The molecule has 1 aliphatic rings. The Hall–Kier alpha value is -2.24. The van der Waals surface area contributed by atoms with Gasteiger partial charge in [-0.2, -0.15) is 0 Å². The molecule has 1 atom stereocenters. The van der Waals surface area contributed by atoms with Crippen LogP contribution in [0.2, 0.25) is 0 Å². The van der Waals surface area contributed by atoms with Gasteiger partial charge in [0, 0.05) is 12.6 Å². The van der Waals surface area contributed by atoms with E-state index in [1.54, 1.807) is 6.20 Å². The van der Waals surface area contributed by atoms with Gasteiger partial charge < -0.3 is 15.0 Å². The maximum atomic E-state index is 10.2. The fourth-order valence-electron chi connectivity index (χ4n) is 3.82. The first kappa shape index (κ1) is 16.2. The van der Waals surface area contributed by atoms with E-state index >= 15 is 0 Å². The standard InChI is InChI=1S/C20H24N4O/c25-14-18(16-5-2-1-3-6-16)24-17-7-4-10-22-20(17)23-19(24)13-15-8-11-21-12-9-15/h1-7,10,15,18,21,25H,8-9,11-14H2. The Balaban J connectivity index is 1.78. The fourth-order valence-corrected chi connectivity index (χ4v) is 3.82. The van der Waals surface area contributed by atoms with Gasteiger partial charge in [0.05, 0.1) is 18.2 Å². The van der Waals surface area contributed by atoms with E-state index < -0.39 is 0 Å². The molecule has 1 saturated heterocycles. The second-order valence-electron chi connectivity index (χ2n) is 6.75. The Bertz CT molecular complexity index is 824. The molecular formula is C20H24N4O. The Morgan fingerprint density at radius 2 is 1.92 bits per heavy atom. The number of hydrogen-bond acceptors (Lipinski definition) is 4. The van der Waals surface area contributed by atoms with Crippen molar-refractivity contribution < 1.29 is 5.11 Å². The third-order valence-corrected chi connectivity index (χ3v) is 5.14. The molecular weight excluding hydrogens is 312 g/mol. The largest absolute Gasteiger partial charge is 0.394 e. The van der Waals surface area contributed by atoms with Crippen LogP contribution in [0.3, 0.4) is 0 Å². The summed E-state index contributed by atoms with van der Waals surface area (Å²) in [6, 6.07) is 14.0. The zero-order valence-corrected chi connectivity index (χ0v) is 14.3. The first-order valence-corrected chi connectivity index (χ1v) is 9.05. The summed E-state index contributed by atoms with van der Waals surface area (Å²) in [5.41, 5.74) is 2.86. The summed E-state index contributed by atoms with van der Waals surface area (Å²) in [5.74, 6) is 1.66. The van der Waals surface area contributed by atoms with Crippen LogP contribution in [0.4, 0.5) is 0 Å². The van der Waals surface area contributed by atoms with E-state index in [2.05, 4.69) is 27.0 Å². The number of aliphatic hydroxyl groups excluding tert-OH is 1. The first-order valence-electron chi connectivity index (χ1n) is 9.05. The molecule has 0 bridgehead atoms. The third kappa shape index (κ3) is 3.30. The molecule has 130 valence electrons. The van der Waals surface area contributed by atoms with E-state index in [1.807, 2.05) is 30.3 Å². The molecule has 2 N–H and O–H groups in total. The normalized spacial score (nSPS) is 17.0. The topological polar surface area (TPSA) is 63.0 Å². The van der Waals surface area contributed by atoms with Crippen molar-refractivity contribution in [3.8, 4) is 0 Å². The highest BCUT2D eigenvalue weighted by Gasteiger charge is 2.23. The zero-order chi connectivity index (χ0) is 17.1. The van der Waals surface area contributed by atoms with Crippen LogP contribution in [0.1, 0.15) is 30.3 Å². The number of fused-ring (bicyclic) bond motifs is 1. The molecule has 5 heteroatoms. The summed E-state index contributed by atoms with van der Waals surface area (Å²) in [7, 11) is 0. The van der Waals surface area contributed by atoms with Crippen molar-refractivity contribution in [2.24, 2.45) is 5.92 Å². The predicted molar refractivity (Wildman–Crippen MR) is 98.5 cm³/mol. The number of pyridine rings is 1. The van der Waals surface area contributed by atoms with Gasteiger partial charge in [-0.3, -0.25) is 0 Å². The van der Waals surface area contributed by atoms with Gasteiger partial charge in [0.2, 0.25) is 0 Å². The molecule has 0 spiro atoms. The molecule has 0 saturated carbocycles. The van der Waals surface area contributed by atoms with E-state index in [0.717, 1.165) is 42.1 Å². The highest BCUT2D eigenvalue weighted by Crippen LogP contribution is 2.28. The van der Waals surface area contributed by atoms with E-state index in [0.29, 0.717) is 5.92 Å². The van der Waals surface area contributed by atoms with Crippen molar-refractivity contribution in [1.29, 1.82) is 0 Å². The van der Waals surface area contributed by atoms with Gasteiger partial charge in [-0.05, 0) is 49.5 Å². The van der Waals surface area contributed by atoms with Gasteiger partial charge in [-0.1, -0.05) is 30.3 Å². The summed E-state index contributed by atoms with van der Waals surface area (Å²) < 4.78 is 2.19. The lowest BCUT2D eigenvalue weighted by Gasteiger charge is -2.25. The van der Waals surface area contributed by atoms with Crippen LogP contribution in [0.25, 0.3) is 11.2 Å². The fraction of sp³-hybridized carbons (Fsp3) is 0.400. The summed E-state index contributed by atoms with van der Waals surface area (Å²) in [6.07, 6.45) is 5.06. The number of nitrogens with zero attached hydrogens (tertiary/aromatic N) is 3. The van der Waals surface area contributed by atoms with Crippen molar-refractivity contribution in [2.45, 2.75) is 25.3 Å². The Morgan fingerprint density at radius 3 is 2.68 bits per heavy atom. The molecule has 2 aromatic heterocycles. The second kappa shape index (κ2) is 7.33. The van der Waals surface area contributed by atoms with Crippen LogP contribution in [-0.2, 0) is 6.42 Å². The lowest BCUT2D eigenvalue weighted by molar-refractivity contribution is 0.247. The minimum Gasteiger partial charge on any atom is -0.394 e. The van der Waals surface area contributed by atoms with Crippen LogP contribution in [-0.4, -0.2) is 39.3 Å². The highest BCUT2D eigenvalue weighted by atomic mass is 16.3. The van der Waals surface area contributed by atoms with Gasteiger partial charge in [0.25, 0.3) is 0 Å². The SMILES string of the molecule is OCC(c1ccccc1)n1c(CC2CCNCC2)nc2ncccc21. The maximum absolute atomic E-state index is 10.2. The van der Waals surface area contributed by atoms with Crippen molar-refractivity contribution in [2.75, 3.05) is 19.7 Å². The first-order chi connectivity index (χ1) is 12.4. The molecule has 0 radical (unpaired) electrons. The summed E-state index contributed by atoms with van der Waals surface area (Å²) in [6.45, 7) is 2.19. The number of hydrogen-bond donors (Lipinski definition) is 2. The van der Waals surface area contributed by atoms with Crippen LogP contribution < -0.4 is 5.32 Å². The molecule has 1 unspecified atom stereocenters. The quantitative estimate of drug-likeness (QED) is 0.752. The molecule has 4 rings (SSSR count). The van der Waals surface area contributed by atoms with Crippen LogP contribution in [0, 0.1) is 5.92 Å². The lowest BCUT2D eigenvalue weighted by Crippen LogP contribution is -2.29. The van der Waals surface area contributed by atoms with Crippen LogP contribution >= 0.6 is 0 Å². The summed E-state index contributed by atoms with van der Waals surface area (Å²) in [5, 5.41) is 13.6. The molecule has 3 aromatic rings. The molecule has 1 aromatic carbocycles. The predicted octanol–water partition coefficient (Wildman–Crippen LogP) is 2.56. The zero-order valence-electron chi connectivity index (χ0n) is 14.3. The molecule has 0 amide bonds. The maximum Gasteiger partial charge on any atom is 0.177 e. The number of aliphatic hydroxyl groups is 1. The van der Waals surface area contributed by atoms with Crippen LogP contribution in [0.15, 0.2) is 48.7 Å². The van der Waals surface area contributed by atoms with Gasteiger partial charge >= 0.3 is 0 Å².